The Morgan fingerprint density at radius 1 is 1.37 bits per heavy atom. The number of nitrogens with two attached hydrogens (primary N) is 1. The molecule has 0 aromatic heterocycles. The van der Waals surface area contributed by atoms with Crippen molar-refractivity contribution >= 4 is 17.8 Å². The first kappa shape index (κ1) is 21.3. The highest BCUT2D eigenvalue weighted by Crippen LogP contribution is 2.37. The van der Waals surface area contributed by atoms with Gasteiger partial charge in [0.05, 0.1) is 12.6 Å². The van der Waals surface area contributed by atoms with Crippen molar-refractivity contribution < 1.29 is 24.6 Å². The largest absolute Gasteiger partial charge is 0.477 e. The van der Waals surface area contributed by atoms with Crippen molar-refractivity contribution in [1.29, 1.82) is 0 Å². The Bertz CT molecular complexity index is 633. The lowest BCUT2D eigenvalue weighted by molar-refractivity contribution is -0.140. The summed E-state index contributed by atoms with van der Waals surface area (Å²) in [5.41, 5.74) is 5.90. The lowest BCUT2D eigenvalue weighted by Gasteiger charge is -2.28. The maximum absolute atomic E-state index is 12.2. The van der Waals surface area contributed by atoms with Crippen molar-refractivity contribution in [2.24, 2.45) is 11.7 Å². The van der Waals surface area contributed by atoms with Crippen molar-refractivity contribution in [2.45, 2.75) is 51.8 Å². The van der Waals surface area contributed by atoms with Gasteiger partial charge in [-0.2, -0.15) is 0 Å². The number of carbonyl (C=O) groups is 3. The summed E-state index contributed by atoms with van der Waals surface area (Å²) in [6, 6.07) is -0.241. The number of carboxylic acid groups (broad SMARTS) is 1. The molecule has 0 aliphatic carbocycles. The summed E-state index contributed by atoms with van der Waals surface area (Å²) < 4.78 is 0. The Hall–Kier alpha value is -1.97. The highest BCUT2D eigenvalue weighted by Gasteiger charge is 2.44. The molecule has 9 nitrogen and oxygen atoms in total. The van der Waals surface area contributed by atoms with E-state index in [1.54, 1.807) is 6.92 Å². The van der Waals surface area contributed by atoms with Crippen molar-refractivity contribution in [2.75, 3.05) is 26.2 Å². The van der Waals surface area contributed by atoms with E-state index >= 15 is 0 Å². The number of hydrogen-bond donors (Lipinski definition) is 4. The van der Waals surface area contributed by atoms with Gasteiger partial charge in [0, 0.05) is 44.6 Å². The summed E-state index contributed by atoms with van der Waals surface area (Å²) in [4.78, 5) is 38.5. The third kappa shape index (κ3) is 5.06. The van der Waals surface area contributed by atoms with Gasteiger partial charge in [-0.05, 0) is 25.3 Å². The summed E-state index contributed by atoms with van der Waals surface area (Å²) in [7, 11) is 0. The zero-order chi connectivity index (χ0) is 20.3. The fourth-order valence-electron chi connectivity index (χ4n) is 4.13. The molecule has 4 atom stereocenters. The minimum Gasteiger partial charge on any atom is -0.477 e. The maximum Gasteiger partial charge on any atom is 0.352 e. The predicted octanol–water partition coefficient (Wildman–Crippen LogP) is -0.888. The first-order valence-electron chi connectivity index (χ1n) is 9.30. The second-order valence-corrected chi connectivity index (χ2v) is 7.58. The van der Waals surface area contributed by atoms with Crippen LogP contribution in [-0.2, 0) is 14.4 Å². The van der Waals surface area contributed by atoms with Crippen molar-refractivity contribution in [1.82, 2.24) is 15.1 Å². The number of likely N-dealkylation sites (tertiary alicyclic amines) is 1. The van der Waals surface area contributed by atoms with Crippen LogP contribution < -0.4 is 11.1 Å². The second-order valence-electron chi connectivity index (χ2n) is 7.58. The number of primary amides is 1. The molecule has 152 valence electrons. The van der Waals surface area contributed by atoms with Crippen LogP contribution in [0.5, 0.6) is 0 Å². The molecule has 0 spiro atoms. The van der Waals surface area contributed by atoms with E-state index in [-0.39, 0.29) is 36.2 Å². The Morgan fingerprint density at radius 2 is 2.04 bits per heavy atom. The van der Waals surface area contributed by atoms with Crippen LogP contribution in [-0.4, -0.2) is 82.2 Å². The number of aliphatic hydroxyl groups is 1. The molecule has 9 heteroatoms. The van der Waals surface area contributed by atoms with Gasteiger partial charge < -0.3 is 26.2 Å². The number of hydrogen-bond acceptors (Lipinski definition) is 6. The van der Waals surface area contributed by atoms with Gasteiger partial charge in [-0.1, -0.05) is 6.92 Å². The molecule has 0 aromatic carbocycles. The fraction of sp³-hybridized carbons (Fsp3) is 0.722. The quantitative estimate of drug-likeness (QED) is 0.428. The summed E-state index contributed by atoms with van der Waals surface area (Å²) in [5.74, 6) is -2.02. The van der Waals surface area contributed by atoms with Gasteiger partial charge >= 0.3 is 5.97 Å². The predicted molar refractivity (Wildman–Crippen MR) is 98.5 cm³/mol. The lowest BCUT2D eigenvalue weighted by atomic mass is 9.92. The van der Waals surface area contributed by atoms with Crippen LogP contribution in [0.1, 0.15) is 33.6 Å². The molecular weight excluding hydrogens is 352 g/mol. The Morgan fingerprint density at radius 3 is 2.56 bits per heavy atom. The van der Waals surface area contributed by atoms with Crippen LogP contribution in [0.15, 0.2) is 11.3 Å². The van der Waals surface area contributed by atoms with Crippen LogP contribution in [0.4, 0.5) is 0 Å². The highest BCUT2D eigenvalue weighted by molar-refractivity contribution is 5.94. The van der Waals surface area contributed by atoms with Gasteiger partial charge in [-0.3, -0.25) is 14.5 Å². The molecular formula is C18H30N4O5. The maximum atomic E-state index is 12.2. The summed E-state index contributed by atoms with van der Waals surface area (Å²) in [5, 5.41) is 22.6. The molecule has 2 aliphatic heterocycles. The summed E-state index contributed by atoms with van der Waals surface area (Å²) >= 11 is 0. The van der Waals surface area contributed by atoms with Crippen molar-refractivity contribution in [3.05, 3.63) is 11.3 Å². The summed E-state index contributed by atoms with van der Waals surface area (Å²) in [6.45, 7) is 6.90. The number of aliphatic carboxylic acids is 1. The van der Waals surface area contributed by atoms with E-state index in [1.165, 1.54) is 11.8 Å². The molecule has 2 rings (SSSR count). The second kappa shape index (κ2) is 8.81. The number of aliphatic hydroxyl groups excluding tert-OH is 1. The third-order valence-electron chi connectivity index (χ3n) is 5.36. The molecule has 1 fully saturated rings. The average molecular weight is 382 g/mol. The first-order valence-corrected chi connectivity index (χ1v) is 9.30. The summed E-state index contributed by atoms with van der Waals surface area (Å²) in [6.07, 6.45) is 0.525. The van der Waals surface area contributed by atoms with Gasteiger partial charge in [-0.15, -0.1) is 0 Å². The number of carboxylic acids is 1. The van der Waals surface area contributed by atoms with Crippen molar-refractivity contribution in [3.8, 4) is 0 Å². The van der Waals surface area contributed by atoms with Crippen LogP contribution in [0.25, 0.3) is 0 Å². The number of amides is 2. The van der Waals surface area contributed by atoms with Crippen LogP contribution in [0.3, 0.4) is 0 Å². The zero-order valence-corrected chi connectivity index (χ0v) is 16.1. The fourth-order valence-corrected chi connectivity index (χ4v) is 4.13. The molecule has 0 bridgehead atoms. The Balaban J connectivity index is 2.18. The molecule has 5 N–H and O–H groups in total. The molecule has 2 heterocycles. The van der Waals surface area contributed by atoms with E-state index in [0.717, 1.165) is 13.0 Å². The molecule has 0 radical (unpaired) electrons. The van der Waals surface area contributed by atoms with E-state index in [4.69, 9.17) is 5.73 Å². The van der Waals surface area contributed by atoms with Crippen molar-refractivity contribution in [3.63, 3.8) is 0 Å². The number of nitrogens with one attached hydrogen (secondary N) is 1. The number of nitrogens with zero attached hydrogens (tertiary/aromatic N) is 2. The minimum atomic E-state index is -1.12. The van der Waals surface area contributed by atoms with E-state index in [0.29, 0.717) is 25.1 Å². The van der Waals surface area contributed by atoms with E-state index in [2.05, 4.69) is 10.2 Å². The van der Waals surface area contributed by atoms with Gasteiger partial charge in [-0.25, -0.2) is 4.79 Å². The standard InChI is InChI=1S/C18H30N4O5/c1-10(23)6-15-11(2)14(17(18(26)27)22(15)12(3)24)9-21-5-4-13(8-21)20-7-16(19)25/h10-11,13,15,20,23H,4-9H2,1-3H3,(H2,19,25)(H,26,27)/t10-,11+,13+,15+/m1/s1. The highest BCUT2D eigenvalue weighted by atomic mass is 16.4. The molecule has 0 aromatic rings. The van der Waals surface area contributed by atoms with Crippen LogP contribution >= 0.6 is 0 Å². The molecule has 0 unspecified atom stereocenters. The topological polar surface area (TPSA) is 136 Å². The van der Waals surface area contributed by atoms with Crippen LogP contribution in [0, 0.1) is 5.92 Å². The monoisotopic (exact) mass is 382 g/mol. The van der Waals surface area contributed by atoms with Crippen LogP contribution in [0.2, 0.25) is 0 Å². The Labute approximate surface area is 159 Å². The molecule has 27 heavy (non-hydrogen) atoms. The molecule has 0 saturated carbocycles. The smallest absolute Gasteiger partial charge is 0.352 e. The van der Waals surface area contributed by atoms with E-state index < -0.39 is 18.0 Å². The molecule has 1 saturated heterocycles. The first-order chi connectivity index (χ1) is 12.6. The average Bonchev–Trinajstić information content (AvgIpc) is 3.10. The van der Waals surface area contributed by atoms with Gasteiger partial charge in [0.2, 0.25) is 11.8 Å². The third-order valence-corrected chi connectivity index (χ3v) is 5.36. The number of rotatable bonds is 8. The SMILES string of the molecule is CC(=O)N1C(C(=O)O)=C(CN2CC[C@H](NCC(N)=O)C2)[C@H](C)[C@@H]1C[C@@H](C)O. The zero-order valence-electron chi connectivity index (χ0n) is 16.1. The normalized spacial score (nSPS) is 27.3. The molecule has 2 aliphatic rings. The molecule has 2 amide bonds. The van der Waals surface area contributed by atoms with Gasteiger partial charge in [0.1, 0.15) is 5.70 Å². The van der Waals surface area contributed by atoms with Gasteiger partial charge in [0.25, 0.3) is 0 Å². The van der Waals surface area contributed by atoms with E-state index in [1.807, 2.05) is 6.92 Å². The van der Waals surface area contributed by atoms with Gasteiger partial charge in [0.15, 0.2) is 0 Å². The van der Waals surface area contributed by atoms with E-state index in [9.17, 15) is 24.6 Å². The number of carbonyl (C=O) groups excluding carboxylic acids is 2. The Kier molecular flexibility index (Phi) is 6.96. The minimum absolute atomic E-state index is 0.0363. The lowest BCUT2D eigenvalue weighted by Crippen LogP contribution is -2.40.